The number of amides is 1. The van der Waals surface area contributed by atoms with Gasteiger partial charge in [0.05, 0.1) is 6.04 Å². The van der Waals surface area contributed by atoms with Crippen molar-refractivity contribution in [1.29, 1.82) is 5.41 Å². The molecule has 0 aliphatic carbocycles. The van der Waals surface area contributed by atoms with Crippen LogP contribution in [0, 0.1) is 5.41 Å². The fraction of sp³-hybridized carbons (Fsp3) is 0.333. The van der Waals surface area contributed by atoms with Gasteiger partial charge in [-0.25, -0.2) is 4.79 Å². The number of hydrogen-bond donors (Lipinski definition) is 2. The number of ether oxygens (including phenoxy) is 1. The molecule has 1 aliphatic heterocycles. The molecule has 90 valence electrons. The number of nitrogens with zero attached hydrogens (tertiary/aromatic N) is 1. The third-order valence-corrected chi connectivity index (χ3v) is 2.79. The molecule has 0 radical (unpaired) electrons. The molecule has 1 heterocycles. The third kappa shape index (κ3) is 2.55. The average Bonchev–Trinajstić information content (AvgIpc) is 2.79. The Labute approximate surface area is 99.7 Å². The van der Waals surface area contributed by atoms with Gasteiger partial charge in [-0.15, -0.1) is 0 Å². The van der Waals surface area contributed by atoms with Crippen LogP contribution >= 0.6 is 0 Å². The Hall–Kier alpha value is -2.04. The second-order valence-electron chi connectivity index (χ2n) is 3.99. The predicted octanol–water partition coefficient (Wildman–Crippen LogP) is 1.59. The van der Waals surface area contributed by atoms with Crippen LogP contribution in [0.1, 0.15) is 12.8 Å². The molecule has 17 heavy (non-hydrogen) atoms. The van der Waals surface area contributed by atoms with Gasteiger partial charge in [-0.3, -0.25) is 10.3 Å². The molecule has 0 aromatic heterocycles. The molecule has 1 aliphatic rings. The minimum atomic E-state index is -0.436. The van der Waals surface area contributed by atoms with Crippen molar-refractivity contribution in [3.8, 4) is 5.75 Å². The monoisotopic (exact) mass is 233 g/mol. The maximum absolute atomic E-state index is 11.9. The minimum Gasteiger partial charge on any atom is -0.410 e. The molecule has 0 spiro atoms. The number of benzene rings is 1. The lowest BCUT2D eigenvalue weighted by molar-refractivity contribution is 0.156. The molecule has 1 aromatic carbocycles. The summed E-state index contributed by atoms with van der Waals surface area (Å²) in [4.78, 5) is 13.4. The predicted molar refractivity (Wildman–Crippen MR) is 64.1 cm³/mol. The van der Waals surface area contributed by atoms with Gasteiger partial charge in [0.25, 0.3) is 0 Å². The molecule has 2 rings (SSSR count). The number of rotatable bonds is 2. The standard InChI is InChI=1S/C12H15N3O2/c13-11(14)10-7-4-8-15(10)12(16)17-9-5-2-1-3-6-9/h1-3,5-6,10H,4,7-8H2,(H3,13,14). The van der Waals surface area contributed by atoms with E-state index in [1.165, 1.54) is 4.90 Å². The van der Waals surface area contributed by atoms with Crippen molar-refractivity contribution in [3.05, 3.63) is 30.3 Å². The Morgan fingerprint density at radius 1 is 1.41 bits per heavy atom. The number of carbonyl (C=O) groups is 1. The van der Waals surface area contributed by atoms with Crippen molar-refractivity contribution < 1.29 is 9.53 Å². The van der Waals surface area contributed by atoms with Crippen LogP contribution in [0.4, 0.5) is 4.79 Å². The molecule has 1 fully saturated rings. The largest absolute Gasteiger partial charge is 0.415 e. The average molecular weight is 233 g/mol. The number of likely N-dealkylation sites (tertiary alicyclic amines) is 1. The maximum atomic E-state index is 11.9. The van der Waals surface area contributed by atoms with Crippen LogP contribution in [-0.4, -0.2) is 29.4 Å². The van der Waals surface area contributed by atoms with Crippen LogP contribution < -0.4 is 10.5 Å². The van der Waals surface area contributed by atoms with E-state index in [-0.39, 0.29) is 11.9 Å². The Morgan fingerprint density at radius 2 is 2.12 bits per heavy atom. The van der Waals surface area contributed by atoms with Crippen LogP contribution in [0.3, 0.4) is 0 Å². The van der Waals surface area contributed by atoms with Gasteiger partial charge in [0, 0.05) is 6.54 Å². The molecular weight excluding hydrogens is 218 g/mol. The van der Waals surface area contributed by atoms with Crippen molar-refractivity contribution in [3.63, 3.8) is 0 Å². The molecule has 1 unspecified atom stereocenters. The van der Waals surface area contributed by atoms with Crippen molar-refractivity contribution in [2.24, 2.45) is 5.73 Å². The van der Waals surface area contributed by atoms with E-state index < -0.39 is 6.09 Å². The summed E-state index contributed by atoms with van der Waals surface area (Å²) in [6.07, 6.45) is 1.15. The first-order valence-electron chi connectivity index (χ1n) is 5.56. The first-order chi connectivity index (χ1) is 8.18. The van der Waals surface area contributed by atoms with Gasteiger partial charge in [-0.1, -0.05) is 18.2 Å². The molecule has 1 saturated heterocycles. The fourth-order valence-corrected chi connectivity index (χ4v) is 1.96. The molecule has 0 saturated carbocycles. The minimum absolute atomic E-state index is 0.0208. The summed E-state index contributed by atoms with van der Waals surface area (Å²) in [5, 5.41) is 7.42. The topological polar surface area (TPSA) is 79.4 Å². The molecule has 3 N–H and O–H groups in total. The van der Waals surface area contributed by atoms with E-state index in [0.717, 1.165) is 12.8 Å². The summed E-state index contributed by atoms with van der Waals surface area (Å²) >= 11 is 0. The van der Waals surface area contributed by atoms with Gasteiger partial charge in [0.1, 0.15) is 11.6 Å². The smallest absolute Gasteiger partial charge is 0.410 e. The quantitative estimate of drug-likeness (QED) is 0.601. The van der Waals surface area contributed by atoms with Crippen molar-refractivity contribution in [2.75, 3.05) is 6.54 Å². The maximum Gasteiger partial charge on any atom is 0.415 e. The molecule has 5 nitrogen and oxygen atoms in total. The lowest BCUT2D eigenvalue weighted by atomic mass is 10.2. The number of para-hydroxylation sites is 1. The van der Waals surface area contributed by atoms with Crippen LogP contribution in [0.25, 0.3) is 0 Å². The zero-order valence-corrected chi connectivity index (χ0v) is 9.43. The van der Waals surface area contributed by atoms with Crippen LogP contribution in [0.15, 0.2) is 30.3 Å². The van der Waals surface area contributed by atoms with E-state index in [9.17, 15) is 4.79 Å². The Balaban J connectivity index is 2.03. The first kappa shape index (κ1) is 11.4. The highest BCUT2D eigenvalue weighted by atomic mass is 16.6. The van der Waals surface area contributed by atoms with Crippen LogP contribution in [0.5, 0.6) is 5.75 Å². The normalized spacial score (nSPS) is 19.1. The summed E-state index contributed by atoms with van der Waals surface area (Å²) in [6, 6.07) is 8.58. The second kappa shape index (κ2) is 4.86. The van der Waals surface area contributed by atoms with Crippen molar-refractivity contribution in [2.45, 2.75) is 18.9 Å². The van der Waals surface area contributed by atoms with E-state index in [1.807, 2.05) is 6.07 Å². The third-order valence-electron chi connectivity index (χ3n) is 2.79. The van der Waals surface area contributed by atoms with E-state index in [4.69, 9.17) is 15.9 Å². The molecule has 0 bridgehead atoms. The van der Waals surface area contributed by atoms with Gasteiger partial charge >= 0.3 is 6.09 Å². The van der Waals surface area contributed by atoms with Gasteiger partial charge in [0.2, 0.25) is 0 Å². The zero-order valence-electron chi connectivity index (χ0n) is 9.43. The number of nitrogens with two attached hydrogens (primary N) is 1. The fourth-order valence-electron chi connectivity index (χ4n) is 1.96. The Bertz CT molecular complexity index is 419. The van der Waals surface area contributed by atoms with Gasteiger partial charge in [-0.05, 0) is 25.0 Å². The summed E-state index contributed by atoms with van der Waals surface area (Å²) < 4.78 is 5.21. The molecule has 5 heteroatoms. The first-order valence-corrected chi connectivity index (χ1v) is 5.56. The molecule has 1 amide bonds. The van der Waals surface area contributed by atoms with Gasteiger partial charge < -0.3 is 10.5 Å². The lowest BCUT2D eigenvalue weighted by Gasteiger charge is -2.22. The highest BCUT2D eigenvalue weighted by Gasteiger charge is 2.32. The van der Waals surface area contributed by atoms with E-state index in [0.29, 0.717) is 12.3 Å². The van der Waals surface area contributed by atoms with Crippen molar-refractivity contribution in [1.82, 2.24) is 4.90 Å². The summed E-state index contributed by atoms with van der Waals surface area (Å²) in [6.45, 7) is 0.593. The second-order valence-corrected chi connectivity index (χ2v) is 3.99. The summed E-state index contributed by atoms with van der Waals surface area (Å²) in [5.74, 6) is 0.527. The highest BCUT2D eigenvalue weighted by molar-refractivity contribution is 5.87. The van der Waals surface area contributed by atoms with Crippen LogP contribution in [0.2, 0.25) is 0 Å². The van der Waals surface area contributed by atoms with E-state index in [2.05, 4.69) is 0 Å². The molecule has 1 aromatic rings. The van der Waals surface area contributed by atoms with Gasteiger partial charge in [0.15, 0.2) is 0 Å². The molecule has 1 atom stereocenters. The lowest BCUT2D eigenvalue weighted by Crippen LogP contribution is -2.44. The highest BCUT2D eigenvalue weighted by Crippen LogP contribution is 2.19. The number of carbonyl (C=O) groups excluding carboxylic acids is 1. The summed E-state index contributed by atoms with van der Waals surface area (Å²) in [5.41, 5.74) is 5.45. The molecular formula is C12H15N3O2. The number of nitrogens with one attached hydrogen (secondary N) is 1. The van der Waals surface area contributed by atoms with E-state index in [1.54, 1.807) is 24.3 Å². The Kier molecular flexibility index (Phi) is 3.27. The summed E-state index contributed by atoms with van der Waals surface area (Å²) in [7, 11) is 0. The van der Waals surface area contributed by atoms with Gasteiger partial charge in [-0.2, -0.15) is 0 Å². The Morgan fingerprint density at radius 3 is 2.76 bits per heavy atom. The van der Waals surface area contributed by atoms with Crippen molar-refractivity contribution >= 4 is 11.9 Å². The number of amidine groups is 1. The zero-order chi connectivity index (χ0) is 12.3. The van der Waals surface area contributed by atoms with Crippen LogP contribution in [-0.2, 0) is 0 Å². The number of hydrogen-bond acceptors (Lipinski definition) is 3. The SMILES string of the molecule is N=C(N)C1CCCN1C(=O)Oc1ccccc1. The van der Waals surface area contributed by atoms with E-state index >= 15 is 0 Å².